The van der Waals surface area contributed by atoms with Crippen LogP contribution in [0.15, 0.2) is 96.1 Å². The Labute approximate surface area is 336 Å². The van der Waals surface area contributed by atoms with Gasteiger partial charge in [-0.15, -0.1) is 0 Å². The summed E-state index contributed by atoms with van der Waals surface area (Å²) in [6, 6.07) is 34.5. The molecule has 292 valence electrons. The van der Waals surface area contributed by atoms with Crippen LogP contribution in [0.1, 0.15) is 153 Å². The van der Waals surface area contributed by atoms with Crippen LogP contribution in [-0.2, 0) is 15.6 Å². The molecule has 0 saturated heterocycles. The third-order valence-corrected chi connectivity index (χ3v) is 18.1. The maximum absolute atomic E-state index is 6.11. The number of benzene rings is 4. The Balaban J connectivity index is 1.42. The predicted octanol–water partition coefficient (Wildman–Crippen LogP) is 15.5. The normalized spacial score (nSPS) is 18.2. The van der Waals surface area contributed by atoms with E-state index in [1.165, 1.54) is 69.8 Å². The fourth-order valence-corrected chi connectivity index (χ4v) is 15.8. The number of rotatable bonds is 12. The molecule has 0 amide bonds. The molecule has 2 aliphatic rings. The predicted molar refractivity (Wildman–Crippen MR) is 244 cm³/mol. The lowest BCUT2D eigenvalue weighted by Crippen LogP contribution is -2.46. The highest BCUT2D eigenvalue weighted by Gasteiger charge is 2.51. The van der Waals surface area contributed by atoms with E-state index in [9.17, 15) is 0 Å². The Hall–Kier alpha value is -3.46. The second-order valence-corrected chi connectivity index (χ2v) is 25.1. The lowest BCUT2D eigenvalue weighted by atomic mass is 9.86. The van der Waals surface area contributed by atoms with E-state index in [2.05, 4.69) is 187 Å². The molecule has 0 heterocycles. The van der Waals surface area contributed by atoms with Crippen molar-refractivity contribution in [2.24, 2.45) is 5.92 Å². The Morgan fingerprint density at radius 1 is 0.582 bits per heavy atom. The van der Waals surface area contributed by atoms with Gasteiger partial charge >= 0.3 is 0 Å². The fraction of sp³-hybridized carbons (Fsp3) is 0.472. The summed E-state index contributed by atoms with van der Waals surface area (Å²) >= 11 is 0. The van der Waals surface area contributed by atoms with Crippen LogP contribution in [0.5, 0.6) is 0 Å². The van der Waals surface area contributed by atoms with Gasteiger partial charge < -0.3 is 4.74 Å². The fourth-order valence-electron chi connectivity index (χ4n) is 9.69. The van der Waals surface area contributed by atoms with Gasteiger partial charge in [-0.25, -0.2) is 0 Å². The Bertz CT molecular complexity index is 2020. The van der Waals surface area contributed by atoms with Crippen molar-refractivity contribution in [3.63, 3.8) is 0 Å². The largest absolute Gasteiger partial charge is 0.376 e. The van der Waals surface area contributed by atoms with Crippen LogP contribution in [-0.4, -0.2) is 20.3 Å². The summed E-state index contributed by atoms with van der Waals surface area (Å²) in [5.74, 6) is 0.479. The third-order valence-electron chi connectivity index (χ3n) is 12.6. The van der Waals surface area contributed by atoms with Crippen molar-refractivity contribution in [1.82, 2.24) is 0 Å². The Morgan fingerprint density at radius 3 is 1.53 bits per heavy atom. The molecular formula is C53H70OSi. The highest BCUT2D eigenvalue weighted by atomic mass is 28.3. The van der Waals surface area contributed by atoms with E-state index < -0.39 is 8.07 Å². The molecule has 1 nitrogen and oxygen atoms in total. The molecular weight excluding hydrogens is 681 g/mol. The lowest BCUT2D eigenvalue weighted by Gasteiger charge is -2.43. The van der Waals surface area contributed by atoms with Gasteiger partial charge in [-0.3, -0.25) is 0 Å². The van der Waals surface area contributed by atoms with E-state index in [1.54, 1.807) is 22.3 Å². The summed E-state index contributed by atoms with van der Waals surface area (Å²) in [6.45, 7) is 31.3. The maximum atomic E-state index is 6.11. The molecule has 55 heavy (non-hydrogen) atoms. The molecule has 0 aromatic heterocycles. The third kappa shape index (κ3) is 8.77. The summed E-state index contributed by atoms with van der Waals surface area (Å²) in [7, 11) is -2.16. The lowest BCUT2D eigenvalue weighted by molar-refractivity contribution is -0.00471. The molecule has 2 aliphatic carbocycles. The molecule has 0 aliphatic heterocycles. The van der Waals surface area contributed by atoms with Gasteiger partial charge in [0.15, 0.2) is 0 Å². The minimum atomic E-state index is -2.16. The molecule has 0 N–H and O–H groups in total. The summed E-state index contributed by atoms with van der Waals surface area (Å²) in [6.07, 6.45) is 10.1. The SMILES string of the molecule is CC1=Cc2c(-c3ccc(C(C)(C)C)cc3)cccc2C1[Si](C)(CCCCCCOC(C)(C)C)C1C(C(C)C)=Cc2c(-c3ccc(C(C)(C)C)cc3)cccc21. The first-order valence-electron chi connectivity index (χ1n) is 21.3. The van der Waals surface area contributed by atoms with E-state index >= 15 is 0 Å². The van der Waals surface area contributed by atoms with Gasteiger partial charge in [0.05, 0.1) is 13.7 Å². The van der Waals surface area contributed by atoms with Crippen molar-refractivity contribution in [3.05, 3.63) is 129 Å². The van der Waals surface area contributed by atoms with Crippen LogP contribution < -0.4 is 0 Å². The smallest absolute Gasteiger partial charge is 0.0752 e. The van der Waals surface area contributed by atoms with Crippen molar-refractivity contribution >= 4 is 20.2 Å². The Kier molecular flexibility index (Phi) is 11.8. The van der Waals surface area contributed by atoms with Crippen LogP contribution in [0.4, 0.5) is 0 Å². The molecule has 4 aromatic carbocycles. The zero-order valence-corrected chi connectivity index (χ0v) is 37.6. The standard InChI is InChI=1S/C53H70OSi/c1-36(2)46-35-48-43(39-26-30-41(31-27-39)52(7,8)9)21-19-23-45(48)50(46)55(13,33-17-15-14-16-32-54-53(10,11)12)49-37(3)34-47-42(20-18-22-44(47)49)38-24-28-40(29-25-38)51(4,5)6/h18-31,34-36,49-50H,14-17,32-33H2,1-13H3. The average Bonchev–Trinajstić information content (AvgIpc) is 3.69. The van der Waals surface area contributed by atoms with Gasteiger partial charge in [0.1, 0.15) is 0 Å². The van der Waals surface area contributed by atoms with Crippen molar-refractivity contribution in [2.45, 2.75) is 149 Å². The summed E-state index contributed by atoms with van der Waals surface area (Å²) in [5.41, 5.74) is 18.6. The molecule has 0 bridgehead atoms. The summed E-state index contributed by atoms with van der Waals surface area (Å²) in [5, 5.41) is 0. The quantitative estimate of drug-likeness (QED) is 0.103. The molecule has 6 rings (SSSR count). The van der Waals surface area contributed by atoms with Gasteiger partial charge in [0.25, 0.3) is 0 Å². The van der Waals surface area contributed by atoms with E-state index in [-0.39, 0.29) is 16.4 Å². The summed E-state index contributed by atoms with van der Waals surface area (Å²) in [4.78, 5) is 0. The zero-order chi connectivity index (χ0) is 39.9. The van der Waals surface area contributed by atoms with Crippen molar-refractivity contribution in [1.29, 1.82) is 0 Å². The number of fused-ring (bicyclic) bond motifs is 2. The molecule has 0 radical (unpaired) electrons. The van der Waals surface area contributed by atoms with Gasteiger partial charge in [0.2, 0.25) is 0 Å². The topological polar surface area (TPSA) is 9.23 Å². The van der Waals surface area contributed by atoms with E-state index in [0.717, 1.165) is 13.0 Å². The van der Waals surface area contributed by atoms with Gasteiger partial charge in [-0.2, -0.15) is 0 Å². The molecule has 4 aromatic rings. The van der Waals surface area contributed by atoms with Crippen LogP contribution in [0.2, 0.25) is 12.6 Å². The Morgan fingerprint density at radius 2 is 1.05 bits per heavy atom. The minimum absolute atomic E-state index is 0.0678. The van der Waals surface area contributed by atoms with Gasteiger partial charge in [0, 0.05) is 17.7 Å². The first-order valence-corrected chi connectivity index (χ1v) is 24.2. The van der Waals surface area contributed by atoms with Crippen LogP contribution in [0, 0.1) is 5.92 Å². The second-order valence-electron chi connectivity index (χ2n) is 20.5. The monoisotopic (exact) mass is 751 g/mol. The molecule has 3 atom stereocenters. The highest BCUT2D eigenvalue weighted by Crippen LogP contribution is 2.57. The molecule has 0 spiro atoms. The van der Waals surface area contributed by atoms with Crippen LogP contribution >= 0.6 is 0 Å². The first kappa shape index (κ1) is 41.2. The van der Waals surface area contributed by atoms with Crippen molar-refractivity contribution in [3.8, 4) is 22.3 Å². The highest BCUT2D eigenvalue weighted by molar-refractivity contribution is 6.83. The van der Waals surface area contributed by atoms with E-state index in [0.29, 0.717) is 17.0 Å². The number of ether oxygens (including phenoxy) is 1. The first-order chi connectivity index (χ1) is 25.8. The summed E-state index contributed by atoms with van der Waals surface area (Å²) < 4.78 is 6.11. The average molecular weight is 751 g/mol. The van der Waals surface area contributed by atoms with Gasteiger partial charge in [-0.1, -0.05) is 195 Å². The molecule has 0 fully saturated rings. The van der Waals surface area contributed by atoms with E-state index in [4.69, 9.17) is 4.74 Å². The number of allylic oxidation sites excluding steroid dienone is 2. The van der Waals surface area contributed by atoms with Crippen LogP contribution in [0.3, 0.4) is 0 Å². The molecule has 2 heteroatoms. The van der Waals surface area contributed by atoms with Crippen molar-refractivity contribution in [2.75, 3.05) is 6.61 Å². The molecule has 0 saturated carbocycles. The minimum Gasteiger partial charge on any atom is -0.376 e. The molecule has 3 unspecified atom stereocenters. The second kappa shape index (κ2) is 15.8. The van der Waals surface area contributed by atoms with Crippen molar-refractivity contribution < 1.29 is 4.74 Å². The van der Waals surface area contributed by atoms with Crippen LogP contribution in [0.25, 0.3) is 34.4 Å². The zero-order valence-electron chi connectivity index (χ0n) is 36.6. The van der Waals surface area contributed by atoms with E-state index in [1.807, 2.05) is 0 Å². The number of unbranched alkanes of at least 4 members (excludes halogenated alkanes) is 3. The number of hydrogen-bond donors (Lipinski definition) is 0. The van der Waals surface area contributed by atoms with Gasteiger partial charge in [-0.05, 0) is 106 Å². The number of hydrogen-bond acceptors (Lipinski definition) is 1. The maximum Gasteiger partial charge on any atom is 0.0752 e.